The van der Waals surface area contributed by atoms with E-state index in [1.54, 1.807) is 6.07 Å². The van der Waals surface area contributed by atoms with Crippen molar-refractivity contribution in [2.75, 3.05) is 18.1 Å². The van der Waals surface area contributed by atoms with Crippen LogP contribution in [0.2, 0.25) is 5.02 Å². The zero-order valence-electron chi connectivity index (χ0n) is 9.72. The van der Waals surface area contributed by atoms with Gasteiger partial charge in [0.05, 0.1) is 5.02 Å². The van der Waals surface area contributed by atoms with Gasteiger partial charge in [-0.2, -0.15) is 11.8 Å². The van der Waals surface area contributed by atoms with Gasteiger partial charge in [-0.15, -0.1) is 0 Å². The van der Waals surface area contributed by atoms with Crippen LogP contribution in [0, 0.1) is 11.7 Å². The Hall–Kier alpha value is -0.250. The van der Waals surface area contributed by atoms with E-state index >= 15 is 0 Å². The molecule has 0 aliphatic carbocycles. The van der Waals surface area contributed by atoms with E-state index in [9.17, 15) is 4.39 Å². The van der Waals surface area contributed by atoms with Gasteiger partial charge in [0.2, 0.25) is 0 Å². The molecule has 1 aliphatic rings. The highest BCUT2D eigenvalue weighted by Gasteiger charge is 2.12. The molecule has 1 heterocycles. The lowest BCUT2D eigenvalue weighted by Crippen LogP contribution is -2.25. The minimum atomic E-state index is -0.333. The third kappa shape index (κ3) is 4.16. The van der Waals surface area contributed by atoms with Crippen LogP contribution in [0.5, 0.6) is 0 Å². The molecule has 1 aromatic carbocycles. The average molecular weight is 274 g/mol. The molecule has 4 heteroatoms. The molecule has 1 nitrogen and oxygen atoms in total. The van der Waals surface area contributed by atoms with Crippen molar-refractivity contribution in [3.63, 3.8) is 0 Å². The van der Waals surface area contributed by atoms with Gasteiger partial charge in [0.25, 0.3) is 0 Å². The van der Waals surface area contributed by atoms with Crippen LogP contribution in [0.3, 0.4) is 0 Å². The summed E-state index contributed by atoms with van der Waals surface area (Å²) in [6.07, 6.45) is 2.60. The quantitative estimate of drug-likeness (QED) is 0.898. The Morgan fingerprint density at radius 3 is 2.82 bits per heavy atom. The molecule has 94 valence electrons. The van der Waals surface area contributed by atoms with Gasteiger partial charge in [-0.25, -0.2) is 4.39 Å². The first-order valence-corrected chi connectivity index (χ1v) is 7.51. The van der Waals surface area contributed by atoms with Crippen LogP contribution >= 0.6 is 23.4 Å². The van der Waals surface area contributed by atoms with Gasteiger partial charge in [-0.1, -0.05) is 17.7 Å². The van der Waals surface area contributed by atoms with E-state index in [2.05, 4.69) is 5.32 Å². The highest BCUT2D eigenvalue weighted by Crippen LogP contribution is 2.22. The Morgan fingerprint density at radius 1 is 1.35 bits per heavy atom. The maximum Gasteiger partial charge on any atom is 0.142 e. The molecule has 2 rings (SSSR count). The van der Waals surface area contributed by atoms with E-state index < -0.39 is 0 Å². The first kappa shape index (κ1) is 13.2. The first-order valence-electron chi connectivity index (χ1n) is 5.98. The summed E-state index contributed by atoms with van der Waals surface area (Å²) in [5.74, 6) is 3.01. The molecule has 0 saturated carbocycles. The van der Waals surface area contributed by atoms with Crippen molar-refractivity contribution >= 4 is 23.4 Å². The van der Waals surface area contributed by atoms with Crippen molar-refractivity contribution < 1.29 is 4.39 Å². The number of nitrogens with one attached hydrogen (secondary N) is 1. The second-order valence-electron chi connectivity index (χ2n) is 4.44. The van der Waals surface area contributed by atoms with Crippen LogP contribution in [0.15, 0.2) is 18.2 Å². The lowest BCUT2D eigenvalue weighted by molar-refractivity contribution is 0.447. The van der Waals surface area contributed by atoms with Crippen LogP contribution in [0.4, 0.5) is 4.39 Å². The van der Waals surface area contributed by atoms with Gasteiger partial charge in [0, 0.05) is 6.54 Å². The van der Waals surface area contributed by atoms with E-state index in [-0.39, 0.29) is 10.8 Å². The number of hydrogen-bond acceptors (Lipinski definition) is 2. The molecule has 1 N–H and O–H groups in total. The van der Waals surface area contributed by atoms with E-state index in [0.29, 0.717) is 0 Å². The normalized spacial score (nSPS) is 17.3. The highest BCUT2D eigenvalue weighted by molar-refractivity contribution is 7.99. The molecule has 0 bridgehead atoms. The molecule has 1 aromatic rings. The molecule has 1 fully saturated rings. The summed E-state index contributed by atoms with van der Waals surface area (Å²) in [4.78, 5) is 0. The van der Waals surface area contributed by atoms with Gasteiger partial charge in [0.15, 0.2) is 0 Å². The van der Waals surface area contributed by atoms with Gasteiger partial charge in [0.1, 0.15) is 5.82 Å². The van der Waals surface area contributed by atoms with Crippen LogP contribution in [-0.4, -0.2) is 18.1 Å². The Labute approximate surface area is 111 Å². The zero-order valence-corrected chi connectivity index (χ0v) is 11.3. The van der Waals surface area contributed by atoms with Crippen LogP contribution in [0.1, 0.15) is 18.4 Å². The van der Waals surface area contributed by atoms with E-state index in [0.717, 1.165) is 24.6 Å². The third-order valence-corrected chi connectivity index (χ3v) is 4.44. The Balaban J connectivity index is 1.75. The predicted octanol–water partition coefficient (Wildman–Crippen LogP) is 3.71. The number of rotatable bonds is 4. The molecule has 1 saturated heterocycles. The van der Waals surface area contributed by atoms with Crippen molar-refractivity contribution in [3.8, 4) is 0 Å². The summed E-state index contributed by atoms with van der Waals surface area (Å²) in [7, 11) is 0. The molecule has 0 radical (unpaired) electrons. The topological polar surface area (TPSA) is 12.0 Å². The molecule has 0 atom stereocenters. The molecule has 17 heavy (non-hydrogen) atoms. The molecule has 0 spiro atoms. The van der Waals surface area contributed by atoms with Crippen molar-refractivity contribution in [2.45, 2.75) is 19.4 Å². The Kier molecular flexibility index (Phi) is 5.14. The van der Waals surface area contributed by atoms with Crippen molar-refractivity contribution in [3.05, 3.63) is 34.6 Å². The molecular weight excluding hydrogens is 257 g/mol. The maximum absolute atomic E-state index is 13.2. The van der Waals surface area contributed by atoms with Gasteiger partial charge < -0.3 is 5.32 Å². The van der Waals surface area contributed by atoms with Crippen LogP contribution < -0.4 is 5.32 Å². The second kappa shape index (κ2) is 6.62. The lowest BCUT2D eigenvalue weighted by Gasteiger charge is -2.21. The summed E-state index contributed by atoms with van der Waals surface area (Å²) < 4.78 is 13.2. The molecule has 0 amide bonds. The molecule has 1 aliphatic heterocycles. The second-order valence-corrected chi connectivity index (χ2v) is 6.07. The number of hydrogen-bond donors (Lipinski definition) is 1. The lowest BCUT2D eigenvalue weighted by atomic mass is 10.0. The Bertz CT molecular complexity index is 366. The fraction of sp³-hybridized carbons (Fsp3) is 0.538. The van der Waals surface area contributed by atoms with E-state index in [4.69, 9.17) is 11.6 Å². The van der Waals surface area contributed by atoms with Crippen LogP contribution in [0.25, 0.3) is 0 Å². The fourth-order valence-electron chi connectivity index (χ4n) is 2.02. The SMILES string of the molecule is Fc1cc(CNCC2CCSCC2)ccc1Cl. The number of thioether (sulfide) groups is 1. The standard InChI is InChI=1S/C13H17ClFNS/c14-12-2-1-11(7-13(12)15)9-16-8-10-3-5-17-6-4-10/h1-2,7,10,16H,3-6,8-9H2. The van der Waals surface area contributed by atoms with Crippen LogP contribution in [-0.2, 0) is 6.54 Å². The van der Waals surface area contributed by atoms with Gasteiger partial charge in [-0.05, 0) is 54.5 Å². The maximum atomic E-state index is 13.2. The van der Waals surface area contributed by atoms with E-state index in [1.807, 2.05) is 17.8 Å². The summed E-state index contributed by atoms with van der Waals surface area (Å²) in [6.45, 7) is 1.75. The van der Waals surface area contributed by atoms with E-state index in [1.165, 1.54) is 30.4 Å². The minimum Gasteiger partial charge on any atom is -0.312 e. The summed E-state index contributed by atoms with van der Waals surface area (Å²) >= 11 is 7.68. The van der Waals surface area contributed by atoms with Crippen molar-refractivity contribution in [1.29, 1.82) is 0 Å². The predicted molar refractivity (Wildman–Crippen MR) is 73.2 cm³/mol. The monoisotopic (exact) mass is 273 g/mol. The van der Waals surface area contributed by atoms with Crippen molar-refractivity contribution in [1.82, 2.24) is 5.32 Å². The molecule has 0 unspecified atom stereocenters. The minimum absolute atomic E-state index is 0.193. The Morgan fingerprint density at radius 2 is 2.12 bits per heavy atom. The van der Waals surface area contributed by atoms with Gasteiger partial charge >= 0.3 is 0 Å². The largest absolute Gasteiger partial charge is 0.312 e. The molecule has 0 aromatic heterocycles. The fourth-order valence-corrected chi connectivity index (χ4v) is 3.34. The van der Waals surface area contributed by atoms with Crippen molar-refractivity contribution in [2.24, 2.45) is 5.92 Å². The summed E-state index contributed by atoms with van der Waals surface area (Å²) in [6, 6.07) is 4.99. The zero-order chi connectivity index (χ0) is 12.1. The number of benzene rings is 1. The highest BCUT2D eigenvalue weighted by atomic mass is 35.5. The third-order valence-electron chi connectivity index (χ3n) is 3.09. The number of halogens is 2. The summed E-state index contributed by atoms with van der Waals surface area (Å²) in [5, 5.41) is 3.59. The van der Waals surface area contributed by atoms with Gasteiger partial charge in [-0.3, -0.25) is 0 Å². The smallest absolute Gasteiger partial charge is 0.142 e. The molecular formula is C13H17ClFNS. The average Bonchev–Trinajstić information content (AvgIpc) is 2.35. The first-order chi connectivity index (χ1) is 8.25. The summed E-state index contributed by atoms with van der Waals surface area (Å²) in [5.41, 5.74) is 0.956.